The molecular weight excluding hydrogens is 292 g/mol. The lowest BCUT2D eigenvalue weighted by Crippen LogP contribution is -2.43. The Kier molecular flexibility index (Phi) is 7.56. The number of nitrogens with one attached hydrogen (secondary N) is 1. The van der Waals surface area contributed by atoms with Gasteiger partial charge in [-0.05, 0) is 45.4 Å². The van der Waals surface area contributed by atoms with Gasteiger partial charge >= 0.3 is 0 Å². The van der Waals surface area contributed by atoms with Crippen molar-refractivity contribution >= 4 is 11.6 Å². The van der Waals surface area contributed by atoms with Crippen LogP contribution in [0.4, 0.5) is 5.69 Å². The molecule has 1 aromatic carbocycles. The number of nitriles is 1. The third kappa shape index (κ3) is 5.26. The Labute approximate surface area is 138 Å². The van der Waals surface area contributed by atoms with E-state index in [0.29, 0.717) is 36.6 Å². The van der Waals surface area contributed by atoms with E-state index in [9.17, 15) is 10.1 Å². The summed E-state index contributed by atoms with van der Waals surface area (Å²) < 4.78 is 11.1. The number of benzene rings is 1. The van der Waals surface area contributed by atoms with E-state index in [-0.39, 0.29) is 5.91 Å². The molecule has 0 fully saturated rings. The summed E-state index contributed by atoms with van der Waals surface area (Å²) in [6, 6.07) is 7.15. The lowest BCUT2D eigenvalue weighted by molar-refractivity contribution is -0.139. The number of hydrogen-bond acceptors (Lipinski definition) is 4. The molecule has 5 heteroatoms. The van der Waals surface area contributed by atoms with Gasteiger partial charge in [0.25, 0.3) is 5.91 Å². The molecular formula is C18H26N2O3. The first-order valence-corrected chi connectivity index (χ1v) is 8.13. The molecule has 0 saturated heterocycles. The van der Waals surface area contributed by atoms with Gasteiger partial charge in [0.15, 0.2) is 0 Å². The topological polar surface area (TPSA) is 71.3 Å². The Balaban J connectivity index is 2.96. The Morgan fingerprint density at radius 1 is 1.30 bits per heavy atom. The average Bonchev–Trinajstić information content (AvgIpc) is 2.54. The normalized spacial score (nSPS) is 13.0. The fourth-order valence-electron chi connectivity index (χ4n) is 2.32. The molecule has 23 heavy (non-hydrogen) atoms. The third-order valence-electron chi connectivity index (χ3n) is 3.62. The average molecular weight is 318 g/mol. The van der Waals surface area contributed by atoms with Crippen LogP contribution in [0.2, 0.25) is 0 Å². The highest BCUT2D eigenvalue weighted by atomic mass is 16.5. The molecule has 0 spiro atoms. The highest BCUT2D eigenvalue weighted by Gasteiger charge is 2.33. The first kappa shape index (κ1) is 19.0. The van der Waals surface area contributed by atoms with Crippen LogP contribution in [-0.4, -0.2) is 24.7 Å². The van der Waals surface area contributed by atoms with Gasteiger partial charge < -0.3 is 14.8 Å². The number of rotatable bonds is 9. The van der Waals surface area contributed by atoms with Crippen molar-refractivity contribution in [3.63, 3.8) is 0 Å². The molecule has 1 atom stereocenters. The monoisotopic (exact) mass is 318 g/mol. The van der Waals surface area contributed by atoms with Gasteiger partial charge in [-0.15, -0.1) is 0 Å². The van der Waals surface area contributed by atoms with Crippen molar-refractivity contribution in [1.29, 1.82) is 5.26 Å². The van der Waals surface area contributed by atoms with E-state index in [4.69, 9.17) is 9.47 Å². The van der Waals surface area contributed by atoms with Crippen LogP contribution in [0.3, 0.4) is 0 Å². The second-order valence-corrected chi connectivity index (χ2v) is 5.47. The smallest absolute Gasteiger partial charge is 0.256 e. The summed E-state index contributed by atoms with van der Waals surface area (Å²) in [6.07, 6.45) is 2.53. The number of nitrogens with zero attached hydrogens (tertiary/aromatic N) is 1. The minimum Gasteiger partial charge on any atom is -0.494 e. The van der Waals surface area contributed by atoms with Crippen LogP contribution in [0.5, 0.6) is 5.75 Å². The fraction of sp³-hybridized carbons (Fsp3) is 0.556. The molecule has 1 amide bonds. The van der Waals surface area contributed by atoms with Gasteiger partial charge in [0.05, 0.1) is 17.9 Å². The largest absolute Gasteiger partial charge is 0.494 e. The number of hydrogen-bond donors (Lipinski definition) is 1. The highest BCUT2D eigenvalue weighted by Crippen LogP contribution is 2.25. The summed E-state index contributed by atoms with van der Waals surface area (Å²) in [5.74, 6) is 0.383. The lowest BCUT2D eigenvalue weighted by Gasteiger charge is -2.28. The van der Waals surface area contributed by atoms with Crippen LogP contribution < -0.4 is 10.1 Å². The SMILES string of the molecule is CCCC[C@](C)(OCC)C(=O)Nc1ccc(OCC)cc1C#N. The predicted molar refractivity (Wildman–Crippen MR) is 90.5 cm³/mol. The Morgan fingerprint density at radius 3 is 2.61 bits per heavy atom. The Morgan fingerprint density at radius 2 is 2.04 bits per heavy atom. The molecule has 0 radical (unpaired) electrons. The van der Waals surface area contributed by atoms with Crippen molar-refractivity contribution in [3.05, 3.63) is 23.8 Å². The van der Waals surface area contributed by atoms with E-state index < -0.39 is 5.60 Å². The maximum atomic E-state index is 12.6. The number of unbranched alkanes of at least 4 members (excludes halogenated alkanes) is 1. The van der Waals surface area contributed by atoms with Crippen LogP contribution in [-0.2, 0) is 9.53 Å². The van der Waals surface area contributed by atoms with Crippen LogP contribution in [0.15, 0.2) is 18.2 Å². The van der Waals surface area contributed by atoms with Crippen LogP contribution in [0, 0.1) is 11.3 Å². The van der Waals surface area contributed by atoms with E-state index in [1.807, 2.05) is 13.8 Å². The summed E-state index contributed by atoms with van der Waals surface area (Å²) in [5, 5.41) is 12.1. The van der Waals surface area contributed by atoms with Gasteiger partial charge in [-0.1, -0.05) is 19.8 Å². The standard InChI is InChI=1S/C18H26N2O3/c1-5-8-11-18(4,23-7-3)17(21)20-16-10-9-15(22-6-2)12-14(16)13-19/h9-10,12H,5-8,11H2,1-4H3,(H,20,21)/t18-/m0/s1. The molecule has 0 aliphatic heterocycles. The second kappa shape index (κ2) is 9.16. The number of ether oxygens (including phenoxy) is 2. The molecule has 0 aliphatic carbocycles. The second-order valence-electron chi connectivity index (χ2n) is 5.47. The number of carbonyl (C=O) groups excluding carboxylic acids is 1. The minimum absolute atomic E-state index is 0.228. The first-order valence-electron chi connectivity index (χ1n) is 8.13. The zero-order valence-corrected chi connectivity index (χ0v) is 14.4. The fourth-order valence-corrected chi connectivity index (χ4v) is 2.32. The predicted octanol–water partition coefficient (Wildman–Crippen LogP) is 3.88. The van der Waals surface area contributed by atoms with Gasteiger partial charge in [-0.2, -0.15) is 5.26 Å². The molecule has 5 nitrogen and oxygen atoms in total. The maximum Gasteiger partial charge on any atom is 0.256 e. The molecule has 1 N–H and O–H groups in total. The Bertz CT molecular complexity index is 566. The van der Waals surface area contributed by atoms with E-state index in [1.165, 1.54) is 0 Å². The van der Waals surface area contributed by atoms with Crippen LogP contribution in [0.25, 0.3) is 0 Å². The molecule has 1 aromatic rings. The lowest BCUT2D eigenvalue weighted by atomic mass is 9.97. The van der Waals surface area contributed by atoms with Crippen molar-refractivity contribution in [1.82, 2.24) is 0 Å². The molecule has 0 saturated carbocycles. The van der Waals surface area contributed by atoms with E-state index in [0.717, 1.165) is 12.8 Å². The zero-order chi connectivity index (χ0) is 17.3. The van der Waals surface area contributed by atoms with Crippen molar-refractivity contribution in [2.45, 2.75) is 52.6 Å². The van der Waals surface area contributed by atoms with Crippen molar-refractivity contribution in [3.8, 4) is 11.8 Å². The summed E-state index contributed by atoms with van der Waals surface area (Å²) in [7, 11) is 0. The first-order chi connectivity index (χ1) is 11.0. The third-order valence-corrected chi connectivity index (χ3v) is 3.62. The summed E-state index contributed by atoms with van der Waals surface area (Å²) in [5.41, 5.74) is -0.0437. The number of carbonyl (C=O) groups is 1. The number of amides is 1. The van der Waals surface area contributed by atoms with Crippen LogP contribution in [0.1, 0.15) is 52.5 Å². The molecule has 0 aromatic heterocycles. The summed E-state index contributed by atoms with van der Waals surface area (Å²) >= 11 is 0. The zero-order valence-electron chi connectivity index (χ0n) is 14.4. The minimum atomic E-state index is -0.893. The molecule has 0 unspecified atom stereocenters. The highest BCUT2D eigenvalue weighted by molar-refractivity contribution is 5.98. The summed E-state index contributed by atoms with van der Waals surface area (Å²) in [4.78, 5) is 12.6. The molecule has 1 rings (SSSR count). The van der Waals surface area contributed by atoms with Crippen molar-refractivity contribution in [2.75, 3.05) is 18.5 Å². The molecule has 0 bridgehead atoms. The van der Waals surface area contributed by atoms with Gasteiger partial charge in [0.1, 0.15) is 17.4 Å². The van der Waals surface area contributed by atoms with Crippen molar-refractivity contribution in [2.24, 2.45) is 0 Å². The van der Waals surface area contributed by atoms with Crippen molar-refractivity contribution < 1.29 is 14.3 Å². The van der Waals surface area contributed by atoms with Gasteiger partial charge in [-0.25, -0.2) is 0 Å². The molecule has 0 aliphatic rings. The Hall–Kier alpha value is -2.06. The quantitative estimate of drug-likeness (QED) is 0.750. The molecule has 126 valence electrons. The van der Waals surface area contributed by atoms with E-state index >= 15 is 0 Å². The summed E-state index contributed by atoms with van der Waals surface area (Å²) in [6.45, 7) is 8.60. The van der Waals surface area contributed by atoms with E-state index in [2.05, 4.69) is 18.3 Å². The maximum absolute atomic E-state index is 12.6. The van der Waals surface area contributed by atoms with Crippen LogP contribution >= 0.6 is 0 Å². The molecule has 0 heterocycles. The van der Waals surface area contributed by atoms with Gasteiger partial charge in [0.2, 0.25) is 0 Å². The van der Waals surface area contributed by atoms with E-state index in [1.54, 1.807) is 25.1 Å². The van der Waals surface area contributed by atoms with Gasteiger partial charge in [-0.3, -0.25) is 4.79 Å². The number of anilines is 1. The van der Waals surface area contributed by atoms with Gasteiger partial charge in [0, 0.05) is 6.61 Å².